The van der Waals surface area contributed by atoms with E-state index in [1.54, 1.807) is 54.6 Å². The van der Waals surface area contributed by atoms with E-state index in [0.717, 1.165) is 5.56 Å². The predicted molar refractivity (Wildman–Crippen MR) is 125 cm³/mol. The number of hydrogen-bond donors (Lipinski definition) is 3. The van der Waals surface area contributed by atoms with Crippen molar-refractivity contribution in [2.24, 2.45) is 0 Å². The van der Waals surface area contributed by atoms with Crippen LogP contribution in [-0.2, 0) is 16.0 Å². The van der Waals surface area contributed by atoms with Gasteiger partial charge in [0.05, 0.1) is 11.6 Å². The summed E-state index contributed by atoms with van der Waals surface area (Å²) >= 11 is 0. The Kier molecular flexibility index (Phi) is 8.36. The molecule has 3 aromatic rings. The van der Waals surface area contributed by atoms with Crippen molar-refractivity contribution >= 4 is 17.7 Å². The van der Waals surface area contributed by atoms with Crippen molar-refractivity contribution in [1.29, 1.82) is 5.26 Å². The zero-order chi connectivity index (χ0) is 24.3. The number of hydrazine groups is 1. The molecule has 0 bridgehead atoms. The lowest BCUT2D eigenvalue weighted by atomic mass is 10.0. The topological polar surface area (TPSA) is 120 Å². The maximum atomic E-state index is 12.9. The van der Waals surface area contributed by atoms with E-state index in [1.165, 1.54) is 6.92 Å². The van der Waals surface area contributed by atoms with Gasteiger partial charge in [0.2, 0.25) is 0 Å². The first kappa shape index (κ1) is 24.0. The molecule has 0 aliphatic carbocycles. The second-order valence-electron chi connectivity index (χ2n) is 7.46. The lowest BCUT2D eigenvalue weighted by Crippen LogP contribution is -2.55. The lowest BCUT2D eigenvalue weighted by molar-refractivity contribution is -0.133. The van der Waals surface area contributed by atoms with Crippen molar-refractivity contribution in [3.05, 3.63) is 102 Å². The summed E-state index contributed by atoms with van der Waals surface area (Å²) in [5, 5.41) is 11.6. The summed E-state index contributed by atoms with van der Waals surface area (Å²) < 4.78 is 5.54. The number of ether oxygens (including phenoxy) is 1. The summed E-state index contributed by atoms with van der Waals surface area (Å²) in [5.74, 6) is -1.15. The highest BCUT2D eigenvalue weighted by molar-refractivity contribution is 5.98. The Hall–Kier alpha value is -4.64. The maximum Gasteiger partial charge on any atom is 0.279 e. The predicted octanol–water partition coefficient (Wildman–Crippen LogP) is 2.51. The van der Waals surface area contributed by atoms with E-state index in [2.05, 4.69) is 16.2 Å². The normalized spacial score (nSPS) is 11.9. The van der Waals surface area contributed by atoms with Crippen LogP contribution < -0.4 is 20.9 Å². The number of hydrogen-bond acceptors (Lipinski definition) is 5. The van der Waals surface area contributed by atoms with Gasteiger partial charge in [0.25, 0.3) is 17.7 Å². The van der Waals surface area contributed by atoms with Gasteiger partial charge in [-0.2, -0.15) is 5.26 Å². The van der Waals surface area contributed by atoms with Gasteiger partial charge in [-0.15, -0.1) is 0 Å². The standard InChI is InChI=1S/C26H24N4O4/c1-18(34-22-14-12-20(17-27)13-15-22)24(31)29-30-26(33)23(16-19-8-4-2-5-9-19)28-25(32)21-10-6-3-7-11-21/h2-15,18,23H,16H2,1H3,(H,28,32)(H,29,31)(H,30,33)/t18-,23+/m1/s1. The number of nitrogens with one attached hydrogen (secondary N) is 3. The number of carbonyl (C=O) groups is 3. The van der Waals surface area contributed by atoms with Gasteiger partial charge < -0.3 is 10.1 Å². The van der Waals surface area contributed by atoms with Gasteiger partial charge in [0.15, 0.2) is 6.10 Å². The Bertz CT molecular complexity index is 1160. The van der Waals surface area contributed by atoms with Crippen molar-refractivity contribution < 1.29 is 19.1 Å². The molecule has 0 fully saturated rings. The van der Waals surface area contributed by atoms with Gasteiger partial charge in [-0.3, -0.25) is 25.2 Å². The molecular weight excluding hydrogens is 432 g/mol. The van der Waals surface area contributed by atoms with Crippen LogP contribution in [-0.4, -0.2) is 29.9 Å². The molecule has 8 nitrogen and oxygen atoms in total. The molecule has 3 amide bonds. The van der Waals surface area contributed by atoms with E-state index >= 15 is 0 Å². The zero-order valence-corrected chi connectivity index (χ0v) is 18.5. The molecule has 2 atom stereocenters. The van der Waals surface area contributed by atoms with E-state index in [-0.39, 0.29) is 6.42 Å². The van der Waals surface area contributed by atoms with Gasteiger partial charge in [0, 0.05) is 12.0 Å². The van der Waals surface area contributed by atoms with E-state index in [9.17, 15) is 14.4 Å². The fraction of sp³-hybridized carbons (Fsp3) is 0.154. The molecular formula is C26H24N4O4. The summed E-state index contributed by atoms with van der Waals surface area (Å²) in [5.41, 5.74) is 6.44. The number of benzene rings is 3. The van der Waals surface area contributed by atoms with Crippen LogP contribution in [0.3, 0.4) is 0 Å². The minimum atomic E-state index is -0.926. The summed E-state index contributed by atoms with van der Waals surface area (Å²) in [6.45, 7) is 1.53. The average molecular weight is 457 g/mol. The van der Waals surface area contributed by atoms with Gasteiger partial charge in [-0.25, -0.2) is 0 Å². The third-order valence-electron chi connectivity index (χ3n) is 4.91. The monoisotopic (exact) mass is 456 g/mol. The van der Waals surface area contributed by atoms with Crippen LogP contribution in [0, 0.1) is 11.3 Å². The van der Waals surface area contributed by atoms with Crippen LogP contribution in [0.5, 0.6) is 5.75 Å². The van der Waals surface area contributed by atoms with Gasteiger partial charge >= 0.3 is 0 Å². The maximum absolute atomic E-state index is 12.9. The van der Waals surface area contributed by atoms with Gasteiger partial charge in [0.1, 0.15) is 11.8 Å². The molecule has 0 unspecified atom stereocenters. The number of amides is 3. The highest BCUT2D eigenvalue weighted by Gasteiger charge is 2.23. The second-order valence-corrected chi connectivity index (χ2v) is 7.46. The number of nitriles is 1. The highest BCUT2D eigenvalue weighted by atomic mass is 16.5. The third-order valence-corrected chi connectivity index (χ3v) is 4.91. The molecule has 34 heavy (non-hydrogen) atoms. The molecule has 0 aliphatic heterocycles. The Morgan fingerprint density at radius 2 is 1.44 bits per heavy atom. The van der Waals surface area contributed by atoms with Crippen molar-refractivity contribution in [3.8, 4) is 11.8 Å². The SMILES string of the molecule is C[C@@H](Oc1ccc(C#N)cc1)C(=O)NNC(=O)[C@H](Cc1ccccc1)NC(=O)c1ccccc1. The first-order valence-corrected chi connectivity index (χ1v) is 10.6. The van der Waals surface area contributed by atoms with Crippen molar-refractivity contribution in [2.45, 2.75) is 25.5 Å². The average Bonchev–Trinajstić information content (AvgIpc) is 2.88. The largest absolute Gasteiger partial charge is 0.481 e. The molecule has 0 heterocycles. The highest BCUT2D eigenvalue weighted by Crippen LogP contribution is 2.13. The molecule has 0 radical (unpaired) electrons. The number of rotatable bonds is 8. The van der Waals surface area contributed by atoms with E-state index < -0.39 is 29.9 Å². The smallest absolute Gasteiger partial charge is 0.279 e. The van der Waals surface area contributed by atoms with Crippen LogP contribution in [0.2, 0.25) is 0 Å². The summed E-state index contributed by atoms with van der Waals surface area (Å²) in [6, 6.07) is 25.2. The molecule has 0 saturated heterocycles. The van der Waals surface area contributed by atoms with Gasteiger partial charge in [-0.1, -0.05) is 48.5 Å². The molecule has 8 heteroatoms. The molecule has 0 spiro atoms. The fourth-order valence-corrected chi connectivity index (χ4v) is 3.07. The van der Waals surface area contributed by atoms with Crippen LogP contribution >= 0.6 is 0 Å². The molecule has 172 valence electrons. The second kappa shape index (κ2) is 11.8. The van der Waals surface area contributed by atoms with E-state index in [0.29, 0.717) is 16.9 Å². The Morgan fingerprint density at radius 3 is 2.06 bits per heavy atom. The van der Waals surface area contributed by atoms with Crippen molar-refractivity contribution in [1.82, 2.24) is 16.2 Å². The summed E-state index contributed by atoms with van der Waals surface area (Å²) in [4.78, 5) is 37.9. The summed E-state index contributed by atoms with van der Waals surface area (Å²) in [6.07, 6.45) is -0.682. The van der Waals surface area contributed by atoms with Crippen molar-refractivity contribution in [2.75, 3.05) is 0 Å². The van der Waals surface area contributed by atoms with E-state index in [1.807, 2.05) is 36.4 Å². The van der Waals surface area contributed by atoms with Crippen LogP contribution in [0.25, 0.3) is 0 Å². The third kappa shape index (κ3) is 6.93. The van der Waals surface area contributed by atoms with E-state index in [4.69, 9.17) is 10.00 Å². The molecule has 0 saturated carbocycles. The zero-order valence-electron chi connectivity index (χ0n) is 18.5. The number of nitrogens with zero attached hydrogens (tertiary/aromatic N) is 1. The first-order valence-electron chi connectivity index (χ1n) is 10.6. The molecule has 0 aliphatic rings. The fourth-order valence-electron chi connectivity index (χ4n) is 3.07. The summed E-state index contributed by atoms with van der Waals surface area (Å²) in [7, 11) is 0. The molecule has 0 aromatic heterocycles. The Labute approximate surface area is 197 Å². The Morgan fingerprint density at radius 1 is 0.853 bits per heavy atom. The quantitative estimate of drug-likeness (QED) is 0.450. The van der Waals surface area contributed by atoms with Crippen molar-refractivity contribution in [3.63, 3.8) is 0 Å². The van der Waals surface area contributed by atoms with Crippen LogP contribution in [0.1, 0.15) is 28.4 Å². The minimum Gasteiger partial charge on any atom is -0.481 e. The first-order chi connectivity index (χ1) is 16.5. The van der Waals surface area contributed by atoms with Gasteiger partial charge in [-0.05, 0) is 48.9 Å². The molecule has 3 aromatic carbocycles. The Balaban J connectivity index is 1.61. The van der Waals surface area contributed by atoms with Crippen LogP contribution in [0.4, 0.5) is 0 Å². The molecule has 3 rings (SSSR count). The molecule has 3 N–H and O–H groups in total. The minimum absolute atomic E-state index is 0.235. The lowest BCUT2D eigenvalue weighted by Gasteiger charge is -2.20. The van der Waals surface area contributed by atoms with Crippen LogP contribution in [0.15, 0.2) is 84.9 Å². The number of carbonyl (C=O) groups excluding carboxylic acids is 3.